The zero-order valence-corrected chi connectivity index (χ0v) is 35.5. The van der Waals surface area contributed by atoms with Crippen molar-refractivity contribution in [3.05, 3.63) is 47.3 Å². The first-order valence-electron chi connectivity index (χ1n) is 20.2. The molecule has 6 N–H and O–H groups in total. The number of aliphatic hydroxyl groups excluding tert-OH is 2. The molecule has 2 aromatic rings. The lowest BCUT2D eigenvalue weighted by Gasteiger charge is -2.42. The largest absolute Gasteiger partial charge is 0.507 e. The molecule has 1 fully saturated rings. The van der Waals surface area contributed by atoms with Crippen LogP contribution in [0.15, 0.2) is 41.1 Å². The Balaban J connectivity index is 1.54. The first-order chi connectivity index (χ1) is 27.8. The number of phenolic OH excluding ortho intramolecular Hbond substituents is 2. The number of anilines is 2. The Bertz CT molecular complexity index is 2140. The van der Waals surface area contributed by atoms with Gasteiger partial charge in [-0.3, -0.25) is 19.4 Å². The molecule has 1 saturated heterocycles. The van der Waals surface area contributed by atoms with E-state index in [1.807, 2.05) is 7.05 Å². The molecule has 6 rings (SSSR count). The molecule has 15 heteroatoms. The lowest BCUT2D eigenvalue weighted by Crippen LogP contribution is -2.50. The summed E-state index contributed by atoms with van der Waals surface area (Å²) in [6.07, 6.45) is 7.06. The van der Waals surface area contributed by atoms with E-state index in [9.17, 15) is 34.8 Å². The number of nitrogens with zero attached hydrogens (tertiary/aromatic N) is 2. The number of nitrogens with one attached hydrogen (secondary N) is 2. The summed E-state index contributed by atoms with van der Waals surface area (Å²) in [6.45, 7) is 14.4. The number of carbonyl (C=O) groups excluding carboxylic acids is 3. The number of carbonyl (C=O) groups is 3. The highest BCUT2D eigenvalue weighted by Crippen LogP contribution is 2.58. The van der Waals surface area contributed by atoms with E-state index in [1.165, 1.54) is 27.2 Å². The van der Waals surface area contributed by atoms with E-state index in [2.05, 4.69) is 15.5 Å². The van der Waals surface area contributed by atoms with Gasteiger partial charge in [-0.05, 0) is 39.8 Å². The number of methoxy groups -OCH3 is 1. The molecule has 4 aliphatic rings. The van der Waals surface area contributed by atoms with Crippen molar-refractivity contribution in [2.45, 2.75) is 104 Å². The van der Waals surface area contributed by atoms with Gasteiger partial charge < -0.3 is 54.9 Å². The first-order valence-corrected chi connectivity index (χ1v) is 20.2. The van der Waals surface area contributed by atoms with Crippen LogP contribution in [0.1, 0.15) is 77.2 Å². The number of aromatic hydroxyl groups is 2. The number of phenols is 2. The minimum Gasteiger partial charge on any atom is -0.507 e. The molecule has 1 spiro atoms. The number of likely N-dealkylation sites (tertiary alicyclic amines) is 1. The molecule has 2 aromatic carbocycles. The number of allylic oxidation sites excluding steroid dienone is 2. The van der Waals surface area contributed by atoms with Crippen LogP contribution in [0.2, 0.25) is 0 Å². The van der Waals surface area contributed by atoms with Gasteiger partial charge in [-0.25, -0.2) is 0 Å². The average molecular weight is 819 g/mol. The SMILES string of the molecule is CO[C@H]1C=CO[C@@]2(C)Oc3c(C)c(O)c4c(O)c(c5c(c4c3C2=O)NC2(C=N5)CCN(C)CC2)NC(=O)C(C)=CC=C[C@H](C)[C@H](O)[C@@H](C)[C@@H](O)[C@@H](C)[C@H](OC(C)=O)[C@@H]1C. The van der Waals surface area contributed by atoms with E-state index in [0.717, 1.165) is 13.1 Å². The third-order valence-corrected chi connectivity index (χ3v) is 12.7. The van der Waals surface area contributed by atoms with Gasteiger partial charge in [-0.15, -0.1) is 0 Å². The van der Waals surface area contributed by atoms with Crippen molar-refractivity contribution < 1.29 is 53.8 Å². The smallest absolute Gasteiger partial charge is 0.312 e. The summed E-state index contributed by atoms with van der Waals surface area (Å²) in [6, 6.07) is 0. The van der Waals surface area contributed by atoms with Gasteiger partial charge >= 0.3 is 11.8 Å². The highest BCUT2D eigenvalue weighted by molar-refractivity contribution is 6.26. The van der Waals surface area contributed by atoms with Gasteiger partial charge in [0.25, 0.3) is 11.7 Å². The maximum Gasteiger partial charge on any atom is 0.312 e. The second kappa shape index (κ2) is 16.6. The van der Waals surface area contributed by atoms with Crippen LogP contribution in [-0.2, 0) is 23.8 Å². The molecular formula is C44H58N4O11. The predicted octanol–water partition coefficient (Wildman–Crippen LogP) is 5.64. The molecule has 4 bridgehead atoms. The lowest BCUT2D eigenvalue weighted by molar-refractivity contribution is -0.160. The Morgan fingerprint density at radius 2 is 1.64 bits per heavy atom. The van der Waals surface area contributed by atoms with Crippen molar-refractivity contribution in [3.63, 3.8) is 0 Å². The van der Waals surface area contributed by atoms with Gasteiger partial charge in [0.2, 0.25) is 0 Å². The van der Waals surface area contributed by atoms with Crippen molar-refractivity contribution in [1.82, 2.24) is 4.90 Å². The number of ketones is 1. The van der Waals surface area contributed by atoms with Crippen molar-refractivity contribution in [1.29, 1.82) is 0 Å². The molecule has 0 saturated carbocycles. The Hall–Kier alpha value is -4.96. The number of hydrogen-bond donors (Lipinski definition) is 6. The van der Waals surface area contributed by atoms with Crippen LogP contribution in [0.25, 0.3) is 10.8 Å². The van der Waals surface area contributed by atoms with E-state index < -0.39 is 82.8 Å². The van der Waals surface area contributed by atoms with Crippen LogP contribution in [-0.4, -0.2) is 112 Å². The fourth-order valence-corrected chi connectivity index (χ4v) is 8.72. The third kappa shape index (κ3) is 7.93. The molecule has 4 aliphatic heterocycles. The predicted molar refractivity (Wildman–Crippen MR) is 223 cm³/mol. The van der Waals surface area contributed by atoms with Crippen LogP contribution < -0.4 is 15.4 Å². The number of rotatable bonds is 2. The van der Waals surface area contributed by atoms with Crippen LogP contribution in [0.5, 0.6) is 17.2 Å². The van der Waals surface area contributed by atoms with Gasteiger partial charge in [0.05, 0.1) is 46.7 Å². The highest BCUT2D eigenvalue weighted by Gasteiger charge is 2.50. The van der Waals surface area contributed by atoms with Gasteiger partial charge in [-0.1, -0.05) is 45.9 Å². The van der Waals surface area contributed by atoms with Gasteiger partial charge in [0, 0.05) is 80.5 Å². The van der Waals surface area contributed by atoms with Crippen molar-refractivity contribution in [2.75, 3.05) is 37.9 Å². The number of amides is 1. The summed E-state index contributed by atoms with van der Waals surface area (Å²) in [5, 5.41) is 53.2. The maximum atomic E-state index is 14.7. The Morgan fingerprint density at radius 1 is 0.966 bits per heavy atom. The Kier molecular flexibility index (Phi) is 12.3. The molecule has 4 heterocycles. The minimum atomic E-state index is -1.95. The lowest BCUT2D eigenvalue weighted by atomic mass is 9.78. The van der Waals surface area contributed by atoms with Crippen molar-refractivity contribution in [2.24, 2.45) is 28.7 Å². The van der Waals surface area contributed by atoms with Gasteiger partial charge in [0.15, 0.2) is 5.75 Å². The number of piperidine rings is 1. The van der Waals surface area contributed by atoms with Gasteiger partial charge in [0.1, 0.15) is 29.0 Å². The second-order valence-electron chi connectivity index (χ2n) is 16.9. The number of Topliss-reactive ketones (excluding diaryl/α,β-unsaturated/α-hetero) is 1. The molecule has 9 atom stereocenters. The number of fused-ring (bicyclic) bond motifs is 1. The van der Waals surface area contributed by atoms with E-state index in [-0.39, 0.29) is 50.3 Å². The van der Waals surface area contributed by atoms with Crippen molar-refractivity contribution in [3.8, 4) is 17.2 Å². The summed E-state index contributed by atoms with van der Waals surface area (Å²) in [5.74, 6) is -6.86. The van der Waals surface area contributed by atoms with Crippen LogP contribution in [0.3, 0.4) is 0 Å². The zero-order chi connectivity index (χ0) is 43.3. The molecule has 1 amide bonds. The zero-order valence-electron chi connectivity index (χ0n) is 35.5. The molecular weight excluding hydrogens is 761 g/mol. The summed E-state index contributed by atoms with van der Waals surface area (Å²) in [7, 11) is 3.50. The van der Waals surface area contributed by atoms with Crippen LogP contribution >= 0.6 is 0 Å². The number of benzene rings is 2. The van der Waals surface area contributed by atoms with Crippen LogP contribution in [0, 0.1) is 30.6 Å². The summed E-state index contributed by atoms with van der Waals surface area (Å²) in [5.41, 5.74) is 0.263. The summed E-state index contributed by atoms with van der Waals surface area (Å²) >= 11 is 0. The minimum absolute atomic E-state index is 0.0544. The quantitative estimate of drug-likeness (QED) is 0.123. The van der Waals surface area contributed by atoms with Crippen molar-refractivity contribution >= 4 is 51.7 Å². The fraction of sp³-hybridized carbons (Fsp3) is 0.545. The number of ether oxygens (including phenoxy) is 4. The summed E-state index contributed by atoms with van der Waals surface area (Å²) < 4.78 is 24.0. The Morgan fingerprint density at radius 3 is 2.29 bits per heavy atom. The Labute approximate surface area is 344 Å². The van der Waals surface area contributed by atoms with Gasteiger partial charge in [-0.2, -0.15) is 0 Å². The third-order valence-electron chi connectivity index (χ3n) is 12.7. The first kappa shape index (κ1) is 43.6. The maximum absolute atomic E-state index is 14.7. The average Bonchev–Trinajstić information content (AvgIpc) is 3.47. The molecule has 59 heavy (non-hydrogen) atoms. The van der Waals surface area contributed by atoms with E-state index in [0.29, 0.717) is 18.5 Å². The normalized spacial score (nSPS) is 31.4. The number of aliphatic imine (C=N–C) groups is 1. The standard InChI is InChI=1S/C44H58N4O11/c1-21-12-11-13-22(2)42(55)46-34-33-32(47-44(20-45-33)15-17-48(9)18-16-44)29-30(38(34)53)37(52)26(6)40-31(29)41(54)43(8,59-40)57-19-14-28(56-10)23(3)39(58-27(7)49)25(5)36(51)24(4)35(21)50/h11-14,19-21,23-25,28,35-36,39,47,50-53H,15-18H2,1-10H3,(H,46,55)/t21-,23+,24+,25+,28-,35-,36+,39+,43-/m0/s1. The molecule has 15 nitrogen and oxygen atoms in total. The topological polar surface area (TPSA) is 209 Å². The molecule has 0 aliphatic carbocycles. The molecule has 320 valence electrons. The van der Waals surface area contributed by atoms with E-state index in [1.54, 1.807) is 72.1 Å². The molecule has 0 radical (unpaired) electrons. The number of hydrogen-bond acceptors (Lipinski definition) is 14. The van der Waals surface area contributed by atoms with E-state index >= 15 is 0 Å². The van der Waals surface area contributed by atoms with Crippen LogP contribution in [0.4, 0.5) is 17.1 Å². The number of aliphatic hydroxyl groups is 2. The molecule has 0 aromatic heterocycles. The number of esters is 1. The van der Waals surface area contributed by atoms with E-state index in [4.69, 9.17) is 23.9 Å². The highest BCUT2D eigenvalue weighted by atomic mass is 16.7. The fourth-order valence-electron chi connectivity index (χ4n) is 8.72. The second-order valence-corrected chi connectivity index (χ2v) is 16.9. The monoisotopic (exact) mass is 818 g/mol. The summed E-state index contributed by atoms with van der Waals surface area (Å²) in [4.78, 5) is 47.9. The molecule has 0 unspecified atom stereocenters.